The monoisotopic (exact) mass is 163 g/mol. The molecule has 1 aliphatic rings. The molecule has 0 aromatic heterocycles. The maximum absolute atomic E-state index is 11.2. The van der Waals surface area contributed by atoms with Gasteiger partial charge in [0.05, 0.1) is 11.3 Å². The highest BCUT2D eigenvalue weighted by molar-refractivity contribution is 6.02. The molecule has 3 heteroatoms. The highest BCUT2D eigenvalue weighted by Gasteiger charge is 2.29. The predicted octanol–water partition coefficient (Wildman–Crippen LogP) is 1.40. The molecule has 12 heavy (non-hydrogen) atoms. The van der Waals surface area contributed by atoms with Crippen LogP contribution in [-0.2, 0) is 4.79 Å². The van der Waals surface area contributed by atoms with Crippen LogP contribution < -0.4 is 0 Å². The molecule has 0 saturated heterocycles. The van der Waals surface area contributed by atoms with Crippen LogP contribution in [0.2, 0.25) is 0 Å². The summed E-state index contributed by atoms with van der Waals surface area (Å²) >= 11 is 0. The Balaban J connectivity index is 3.27. The lowest BCUT2D eigenvalue weighted by Crippen LogP contribution is -2.20. The summed E-state index contributed by atoms with van der Waals surface area (Å²) in [5, 5.41) is 9.61. The van der Waals surface area contributed by atoms with Gasteiger partial charge in [0.2, 0.25) is 0 Å². The van der Waals surface area contributed by atoms with Crippen molar-refractivity contribution < 1.29 is 10.0 Å². The standard InChI is InChI=1S/C9H9NO2/c1-4-7-6(3)10(12)9(11)8(7)5-2/h4-5,12H,1-3H2. The number of amides is 1. The quantitative estimate of drug-likeness (QED) is 0.625. The van der Waals surface area contributed by atoms with E-state index in [2.05, 4.69) is 19.7 Å². The van der Waals surface area contributed by atoms with Crippen LogP contribution in [0, 0.1) is 0 Å². The number of carbonyl (C=O) groups excluding carboxylic acids is 1. The van der Waals surface area contributed by atoms with Crippen LogP contribution >= 0.6 is 0 Å². The molecule has 1 N–H and O–H groups in total. The lowest BCUT2D eigenvalue weighted by Gasteiger charge is -2.06. The molecule has 0 spiro atoms. The molecule has 1 heterocycles. The summed E-state index contributed by atoms with van der Waals surface area (Å²) in [6, 6.07) is 0. The van der Waals surface area contributed by atoms with Crippen LogP contribution in [0.3, 0.4) is 0 Å². The van der Waals surface area contributed by atoms with Crippen molar-refractivity contribution in [3.8, 4) is 0 Å². The lowest BCUT2D eigenvalue weighted by molar-refractivity contribution is -0.149. The van der Waals surface area contributed by atoms with Gasteiger partial charge >= 0.3 is 0 Å². The molecule has 0 bridgehead atoms. The van der Waals surface area contributed by atoms with E-state index in [1.807, 2.05) is 0 Å². The summed E-state index contributed by atoms with van der Waals surface area (Å²) in [7, 11) is 0. The van der Waals surface area contributed by atoms with E-state index >= 15 is 0 Å². The first kappa shape index (κ1) is 8.49. The van der Waals surface area contributed by atoms with Gasteiger partial charge in [-0.15, -0.1) is 0 Å². The van der Waals surface area contributed by atoms with Crippen molar-refractivity contribution in [3.63, 3.8) is 0 Å². The van der Waals surface area contributed by atoms with E-state index in [1.165, 1.54) is 12.2 Å². The minimum atomic E-state index is -0.509. The molecule has 0 unspecified atom stereocenters. The maximum atomic E-state index is 11.2. The van der Waals surface area contributed by atoms with E-state index in [-0.39, 0.29) is 5.70 Å². The summed E-state index contributed by atoms with van der Waals surface area (Å²) in [5.74, 6) is -0.509. The van der Waals surface area contributed by atoms with Crippen molar-refractivity contribution in [2.75, 3.05) is 0 Å². The van der Waals surface area contributed by atoms with Gasteiger partial charge < -0.3 is 0 Å². The Labute approximate surface area is 70.6 Å². The number of nitrogens with zero attached hydrogens (tertiary/aromatic N) is 1. The van der Waals surface area contributed by atoms with Gasteiger partial charge in [-0.2, -0.15) is 5.06 Å². The smallest absolute Gasteiger partial charge is 0.281 e. The molecule has 1 rings (SSSR count). The van der Waals surface area contributed by atoms with Crippen molar-refractivity contribution in [2.24, 2.45) is 0 Å². The normalized spacial score (nSPS) is 17.2. The predicted molar refractivity (Wildman–Crippen MR) is 45.2 cm³/mol. The van der Waals surface area contributed by atoms with Gasteiger partial charge in [0, 0.05) is 5.57 Å². The Morgan fingerprint density at radius 1 is 1.25 bits per heavy atom. The third-order valence-electron chi connectivity index (χ3n) is 1.69. The Bertz CT molecular complexity index is 282. The van der Waals surface area contributed by atoms with E-state index in [0.29, 0.717) is 16.2 Å². The molecule has 0 radical (unpaired) electrons. The summed E-state index contributed by atoms with van der Waals surface area (Å²) < 4.78 is 0. The van der Waals surface area contributed by atoms with Crippen LogP contribution in [0.4, 0.5) is 0 Å². The zero-order chi connectivity index (χ0) is 9.30. The number of hydroxylamine groups is 2. The molecule has 1 amide bonds. The molecule has 3 nitrogen and oxygen atoms in total. The minimum absolute atomic E-state index is 0.241. The van der Waals surface area contributed by atoms with Crippen LogP contribution in [-0.4, -0.2) is 16.2 Å². The molecular formula is C9H9NO2. The Morgan fingerprint density at radius 2 is 1.75 bits per heavy atom. The van der Waals surface area contributed by atoms with E-state index in [0.717, 1.165) is 0 Å². The number of rotatable bonds is 2. The Kier molecular flexibility index (Phi) is 1.97. The first-order valence-electron chi connectivity index (χ1n) is 3.35. The fraction of sp³-hybridized carbons (Fsp3) is 0. The van der Waals surface area contributed by atoms with Gasteiger partial charge in [0.1, 0.15) is 0 Å². The average molecular weight is 163 g/mol. The SMILES string of the molecule is C=CC1=C(C=C)C(=O)N(O)C1=C. The Hall–Kier alpha value is -1.61. The second kappa shape index (κ2) is 2.79. The Morgan fingerprint density at radius 3 is 2.08 bits per heavy atom. The van der Waals surface area contributed by atoms with Gasteiger partial charge in [0.15, 0.2) is 0 Å². The minimum Gasteiger partial charge on any atom is -0.281 e. The molecule has 0 saturated carbocycles. The molecule has 0 aromatic rings. The van der Waals surface area contributed by atoms with Gasteiger partial charge in [0.25, 0.3) is 5.91 Å². The number of hydrogen-bond acceptors (Lipinski definition) is 2. The largest absolute Gasteiger partial charge is 0.282 e. The zero-order valence-electron chi connectivity index (χ0n) is 6.58. The average Bonchev–Trinajstić information content (AvgIpc) is 2.29. The van der Waals surface area contributed by atoms with Crippen molar-refractivity contribution in [2.45, 2.75) is 0 Å². The number of hydrogen-bond donors (Lipinski definition) is 1. The second-order valence-electron chi connectivity index (χ2n) is 2.30. The van der Waals surface area contributed by atoms with E-state index < -0.39 is 5.91 Å². The van der Waals surface area contributed by atoms with Gasteiger partial charge in [-0.05, 0) is 0 Å². The second-order valence-corrected chi connectivity index (χ2v) is 2.30. The van der Waals surface area contributed by atoms with Crippen molar-refractivity contribution in [1.29, 1.82) is 0 Å². The van der Waals surface area contributed by atoms with Gasteiger partial charge in [-0.1, -0.05) is 31.9 Å². The fourth-order valence-electron chi connectivity index (χ4n) is 1.05. The number of carbonyl (C=O) groups is 1. The molecule has 1 aliphatic heterocycles. The molecule has 62 valence electrons. The van der Waals surface area contributed by atoms with Crippen LogP contribution in [0.1, 0.15) is 0 Å². The van der Waals surface area contributed by atoms with E-state index in [9.17, 15) is 4.79 Å². The zero-order valence-corrected chi connectivity index (χ0v) is 6.58. The van der Waals surface area contributed by atoms with E-state index in [4.69, 9.17) is 5.21 Å². The fourth-order valence-corrected chi connectivity index (χ4v) is 1.05. The van der Waals surface area contributed by atoms with Crippen molar-refractivity contribution in [1.82, 2.24) is 5.06 Å². The highest BCUT2D eigenvalue weighted by atomic mass is 16.5. The highest BCUT2D eigenvalue weighted by Crippen LogP contribution is 2.27. The van der Waals surface area contributed by atoms with Crippen LogP contribution in [0.15, 0.2) is 48.7 Å². The third kappa shape index (κ3) is 0.914. The first-order valence-corrected chi connectivity index (χ1v) is 3.35. The number of allylic oxidation sites excluding steroid dienone is 1. The van der Waals surface area contributed by atoms with Gasteiger partial charge in [-0.3, -0.25) is 10.0 Å². The van der Waals surface area contributed by atoms with Crippen LogP contribution in [0.25, 0.3) is 0 Å². The maximum Gasteiger partial charge on any atom is 0.282 e. The lowest BCUT2D eigenvalue weighted by atomic mass is 10.1. The van der Waals surface area contributed by atoms with Crippen molar-refractivity contribution in [3.05, 3.63) is 48.7 Å². The summed E-state index contributed by atoms with van der Waals surface area (Å²) in [5.41, 5.74) is 1.10. The van der Waals surface area contributed by atoms with E-state index in [1.54, 1.807) is 0 Å². The third-order valence-corrected chi connectivity index (χ3v) is 1.69. The molecule has 0 atom stereocenters. The molecular weight excluding hydrogens is 154 g/mol. The van der Waals surface area contributed by atoms with Gasteiger partial charge in [-0.25, -0.2) is 0 Å². The first-order chi connectivity index (χ1) is 5.63. The summed E-state index contributed by atoms with van der Waals surface area (Å²) in [6.07, 6.45) is 2.84. The molecule has 0 fully saturated rings. The van der Waals surface area contributed by atoms with Crippen LogP contribution in [0.5, 0.6) is 0 Å². The van der Waals surface area contributed by atoms with Crippen molar-refractivity contribution >= 4 is 5.91 Å². The summed E-state index contributed by atoms with van der Waals surface area (Å²) in [4.78, 5) is 11.2. The molecule has 0 aromatic carbocycles. The molecule has 0 aliphatic carbocycles. The summed E-state index contributed by atoms with van der Waals surface area (Å²) in [6.45, 7) is 10.5. The topological polar surface area (TPSA) is 40.5 Å².